The summed E-state index contributed by atoms with van der Waals surface area (Å²) in [7, 11) is 0. The number of hydrogen-bond donors (Lipinski definition) is 3. The molecule has 3 N–H and O–H groups in total. The van der Waals surface area contributed by atoms with E-state index in [4.69, 9.17) is 0 Å². The van der Waals surface area contributed by atoms with Crippen LogP contribution in [0.2, 0.25) is 0 Å². The number of nitrogens with zero attached hydrogens (tertiary/aromatic N) is 1. The number of allylic oxidation sites excluding steroid dienone is 1. The fraction of sp³-hybridized carbons (Fsp3) is 0.600. The van der Waals surface area contributed by atoms with Gasteiger partial charge in [0, 0.05) is 35.7 Å². The van der Waals surface area contributed by atoms with E-state index in [9.17, 15) is 4.79 Å². The molecule has 0 aromatic carbocycles. The largest absolute Gasteiger partial charge is 0.384 e. The Kier molecular flexibility index (Phi) is 4.26. The molecule has 0 radical (unpaired) electrons. The summed E-state index contributed by atoms with van der Waals surface area (Å²) in [6.45, 7) is 7.49. The molecule has 0 spiro atoms. The first-order chi connectivity index (χ1) is 10.1. The summed E-state index contributed by atoms with van der Waals surface area (Å²) in [6, 6.07) is 0.452. The number of fused-ring (bicyclic) bond motifs is 1. The van der Waals surface area contributed by atoms with Crippen molar-refractivity contribution >= 4 is 17.2 Å². The third-order valence-corrected chi connectivity index (χ3v) is 5.16. The molecule has 0 saturated heterocycles. The molecular formula is C15H22N4OS. The Hall–Kier alpha value is -1.40. The van der Waals surface area contributed by atoms with Crippen molar-refractivity contribution in [3.8, 4) is 0 Å². The Labute approximate surface area is 129 Å². The van der Waals surface area contributed by atoms with E-state index in [1.54, 1.807) is 0 Å². The van der Waals surface area contributed by atoms with E-state index in [0.29, 0.717) is 5.01 Å². The van der Waals surface area contributed by atoms with Gasteiger partial charge in [-0.25, -0.2) is 4.98 Å². The van der Waals surface area contributed by atoms with Crippen LogP contribution >= 0.6 is 11.3 Å². The fourth-order valence-corrected chi connectivity index (χ4v) is 4.02. The second kappa shape index (κ2) is 6.15. The van der Waals surface area contributed by atoms with Crippen LogP contribution in [-0.4, -0.2) is 23.0 Å². The van der Waals surface area contributed by atoms with Gasteiger partial charge in [-0.2, -0.15) is 0 Å². The average Bonchev–Trinajstić information content (AvgIpc) is 3.01. The molecule has 2 atom stereocenters. The van der Waals surface area contributed by atoms with Crippen molar-refractivity contribution in [1.29, 1.82) is 0 Å². The van der Waals surface area contributed by atoms with Crippen molar-refractivity contribution in [2.75, 3.05) is 0 Å². The van der Waals surface area contributed by atoms with Crippen LogP contribution in [0.1, 0.15) is 53.0 Å². The van der Waals surface area contributed by atoms with Crippen LogP contribution in [0.15, 0.2) is 12.3 Å². The molecule has 2 heterocycles. The Balaban J connectivity index is 1.65. The van der Waals surface area contributed by atoms with Crippen molar-refractivity contribution in [2.24, 2.45) is 0 Å². The molecule has 1 aromatic rings. The van der Waals surface area contributed by atoms with Crippen LogP contribution in [0.25, 0.3) is 0 Å². The monoisotopic (exact) mass is 306 g/mol. The molecule has 1 aromatic heterocycles. The van der Waals surface area contributed by atoms with Crippen molar-refractivity contribution in [2.45, 2.75) is 57.8 Å². The summed E-state index contributed by atoms with van der Waals surface area (Å²) in [4.78, 5) is 18.1. The maximum Gasteiger partial charge on any atom is 0.280 e. The van der Waals surface area contributed by atoms with E-state index in [2.05, 4.69) is 27.5 Å². The fourth-order valence-electron chi connectivity index (χ4n) is 3.07. The standard InChI is InChI=1S/C15H22N4OS/c1-9(2)17-10-5-3-4-6-11(10)18-14(20)15-19-12-7-16-8-13(12)21-15/h10-11,16-17H,1,3-8H2,2H3,(H,18,20)/t10-,11+/m0/s1. The number of aromatic nitrogens is 1. The summed E-state index contributed by atoms with van der Waals surface area (Å²) in [5.74, 6) is -0.0326. The minimum absolute atomic E-state index is 0.0326. The van der Waals surface area contributed by atoms with Gasteiger partial charge in [-0.3, -0.25) is 4.79 Å². The van der Waals surface area contributed by atoms with Gasteiger partial charge in [-0.05, 0) is 19.8 Å². The smallest absolute Gasteiger partial charge is 0.280 e. The van der Waals surface area contributed by atoms with E-state index >= 15 is 0 Å². The molecule has 2 aliphatic rings. The number of rotatable bonds is 4. The maximum absolute atomic E-state index is 12.4. The van der Waals surface area contributed by atoms with E-state index in [1.165, 1.54) is 22.6 Å². The van der Waals surface area contributed by atoms with Gasteiger partial charge < -0.3 is 16.0 Å². The predicted octanol–water partition coefficient (Wildman–Crippen LogP) is 1.91. The lowest BCUT2D eigenvalue weighted by Gasteiger charge is -2.33. The molecule has 0 unspecified atom stereocenters. The predicted molar refractivity (Wildman–Crippen MR) is 84.1 cm³/mol. The zero-order valence-electron chi connectivity index (χ0n) is 12.4. The van der Waals surface area contributed by atoms with Gasteiger partial charge in [0.15, 0.2) is 5.01 Å². The van der Waals surface area contributed by atoms with Gasteiger partial charge in [-0.1, -0.05) is 19.4 Å². The highest BCUT2D eigenvalue weighted by Gasteiger charge is 2.28. The van der Waals surface area contributed by atoms with Gasteiger partial charge >= 0.3 is 0 Å². The van der Waals surface area contributed by atoms with E-state index in [1.807, 2.05) is 6.92 Å². The van der Waals surface area contributed by atoms with Gasteiger partial charge in [0.1, 0.15) is 0 Å². The summed E-state index contributed by atoms with van der Waals surface area (Å²) >= 11 is 1.51. The van der Waals surface area contributed by atoms with Crippen LogP contribution in [0, 0.1) is 0 Å². The molecule has 5 nitrogen and oxygen atoms in total. The summed E-state index contributed by atoms with van der Waals surface area (Å²) < 4.78 is 0. The highest BCUT2D eigenvalue weighted by Crippen LogP contribution is 2.24. The minimum Gasteiger partial charge on any atom is -0.384 e. The molecule has 21 heavy (non-hydrogen) atoms. The summed E-state index contributed by atoms with van der Waals surface area (Å²) in [5.41, 5.74) is 1.99. The maximum atomic E-state index is 12.4. The highest BCUT2D eigenvalue weighted by atomic mass is 32.1. The number of hydrogen-bond acceptors (Lipinski definition) is 5. The molecule has 3 rings (SSSR count). The topological polar surface area (TPSA) is 66.0 Å². The molecule has 1 fully saturated rings. The van der Waals surface area contributed by atoms with Crippen LogP contribution < -0.4 is 16.0 Å². The molecule has 114 valence electrons. The van der Waals surface area contributed by atoms with E-state index in [-0.39, 0.29) is 18.0 Å². The lowest BCUT2D eigenvalue weighted by Crippen LogP contribution is -2.51. The average molecular weight is 306 g/mol. The lowest BCUT2D eigenvalue weighted by molar-refractivity contribution is 0.0916. The molecule has 1 amide bonds. The van der Waals surface area contributed by atoms with Gasteiger partial charge in [0.2, 0.25) is 0 Å². The SMILES string of the molecule is C=C(C)N[C@H]1CCCC[C@H]1NC(=O)c1nc2c(s1)CNC2. The zero-order valence-corrected chi connectivity index (χ0v) is 13.2. The first-order valence-electron chi connectivity index (χ1n) is 7.55. The van der Waals surface area contributed by atoms with E-state index < -0.39 is 0 Å². The van der Waals surface area contributed by atoms with Gasteiger partial charge in [0.25, 0.3) is 5.91 Å². The minimum atomic E-state index is -0.0326. The first kappa shape index (κ1) is 14.5. The summed E-state index contributed by atoms with van der Waals surface area (Å²) in [6.07, 6.45) is 4.46. The number of nitrogens with one attached hydrogen (secondary N) is 3. The Morgan fingerprint density at radius 2 is 2.00 bits per heavy atom. The Morgan fingerprint density at radius 1 is 1.29 bits per heavy atom. The van der Waals surface area contributed by atoms with Crippen LogP contribution in [0.3, 0.4) is 0 Å². The van der Waals surface area contributed by atoms with Crippen LogP contribution in [0.4, 0.5) is 0 Å². The second-order valence-electron chi connectivity index (χ2n) is 5.89. The Morgan fingerprint density at radius 3 is 2.67 bits per heavy atom. The number of carbonyl (C=O) groups excluding carboxylic acids is 1. The van der Waals surface area contributed by atoms with Crippen molar-refractivity contribution in [1.82, 2.24) is 20.9 Å². The zero-order chi connectivity index (χ0) is 14.8. The normalized spacial score (nSPS) is 24.4. The van der Waals surface area contributed by atoms with Crippen molar-refractivity contribution < 1.29 is 4.79 Å². The quantitative estimate of drug-likeness (QED) is 0.795. The van der Waals surface area contributed by atoms with Gasteiger partial charge in [0.05, 0.1) is 5.69 Å². The lowest BCUT2D eigenvalue weighted by atomic mass is 9.90. The molecule has 1 saturated carbocycles. The van der Waals surface area contributed by atoms with Gasteiger partial charge in [-0.15, -0.1) is 11.3 Å². The van der Waals surface area contributed by atoms with Crippen LogP contribution in [-0.2, 0) is 13.1 Å². The number of carbonyl (C=O) groups is 1. The first-order valence-corrected chi connectivity index (χ1v) is 8.37. The summed E-state index contributed by atoms with van der Waals surface area (Å²) in [5, 5.41) is 10.4. The third kappa shape index (κ3) is 3.27. The number of thiazole rings is 1. The second-order valence-corrected chi connectivity index (χ2v) is 6.97. The highest BCUT2D eigenvalue weighted by molar-refractivity contribution is 7.13. The molecule has 1 aliphatic heterocycles. The van der Waals surface area contributed by atoms with E-state index in [0.717, 1.165) is 43.7 Å². The molecule has 0 bridgehead atoms. The Bertz CT molecular complexity index is 532. The molecule has 1 aliphatic carbocycles. The molecular weight excluding hydrogens is 284 g/mol. The van der Waals surface area contributed by atoms with Crippen molar-refractivity contribution in [3.63, 3.8) is 0 Å². The van der Waals surface area contributed by atoms with Crippen molar-refractivity contribution in [3.05, 3.63) is 27.9 Å². The number of amides is 1. The third-order valence-electron chi connectivity index (χ3n) is 4.06. The van der Waals surface area contributed by atoms with Crippen LogP contribution in [0.5, 0.6) is 0 Å². The molecule has 6 heteroatoms.